The third kappa shape index (κ3) is 4.81. The first kappa shape index (κ1) is 24.2. The second-order valence-electron chi connectivity index (χ2n) is 8.22. The van der Waals surface area contributed by atoms with Crippen molar-refractivity contribution in [3.63, 3.8) is 0 Å². The monoisotopic (exact) mass is 513 g/mol. The average Bonchev–Trinajstić information content (AvgIpc) is 3.45. The van der Waals surface area contributed by atoms with E-state index in [1.165, 1.54) is 16.2 Å². The van der Waals surface area contributed by atoms with Crippen molar-refractivity contribution in [3.8, 4) is 17.2 Å². The molecule has 1 fully saturated rings. The fourth-order valence-corrected chi connectivity index (χ4v) is 4.85. The Hall–Kier alpha value is -4.50. The van der Waals surface area contributed by atoms with E-state index >= 15 is 0 Å². The van der Waals surface area contributed by atoms with Crippen LogP contribution in [0.4, 0.5) is 5.13 Å². The molecule has 8 nitrogen and oxygen atoms in total. The van der Waals surface area contributed by atoms with Crippen LogP contribution in [0.2, 0.25) is 0 Å². The van der Waals surface area contributed by atoms with Crippen molar-refractivity contribution in [3.05, 3.63) is 101 Å². The maximum atomic E-state index is 13.3. The van der Waals surface area contributed by atoms with E-state index in [9.17, 15) is 14.7 Å². The molecule has 0 bridgehead atoms. The highest BCUT2D eigenvalue weighted by Gasteiger charge is 2.48. The van der Waals surface area contributed by atoms with Crippen molar-refractivity contribution in [2.75, 3.05) is 11.5 Å². The molecule has 1 aliphatic heterocycles. The molecule has 0 saturated carbocycles. The molecule has 2 heterocycles. The third-order valence-corrected chi connectivity index (χ3v) is 6.60. The van der Waals surface area contributed by atoms with Crippen molar-refractivity contribution in [2.45, 2.75) is 19.9 Å². The number of aliphatic hydroxyl groups excluding tert-OH is 1. The van der Waals surface area contributed by atoms with E-state index in [-0.39, 0.29) is 16.5 Å². The van der Waals surface area contributed by atoms with E-state index in [2.05, 4.69) is 10.2 Å². The molecule has 5 rings (SSSR count). The molecular formula is C28H23N3O5S. The summed E-state index contributed by atoms with van der Waals surface area (Å²) >= 11 is 1.19. The van der Waals surface area contributed by atoms with Crippen LogP contribution in [0.3, 0.4) is 0 Å². The van der Waals surface area contributed by atoms with Gasteiger partial charge in [0.2, 0.25) is 5.13 Å². The number of carbonyl (C=O) groups excluding carboxylic acids is 2. The molecule has 1 amide bonds. The molecule has 1 atom stereocenters. The molecule has 1 aliphatic rings. The molecule has 0 radical (unpaired) electrons. The number of amides is 1. The summed E-state index contributed by atoms with van der Waals surface area (Å²) in [7, 11) is 0. The van der Waals surface area contributed by atoms with Crippen molar-refractivity contribution in [1.82, 2.24) is 10.2 Å². The van der Waals surface area contributed by atoms with Crippen molar-refractivity contribution in [1.29, 1.82) is 0 Å². The largest absolute Gasteiger partial charge is 0.507 e. The van der Waals surface area contributed by atoms with E-state index in [1.807, 2.05) is 37.3 Å². The Morgan fingerprint density at radius 3 is 2.35 bits per heavy atom. The minimum atomic E-state index is -0.932. The Morgan fingerprint density at radius 2 is 1.68 bits per heavy atom. The first-order valence-electron chi connectivity index (χ1n) is 11.6. The SMILES string of the molecule is CCOc1ccc(C(O)=C2C(=O)C(=O)N(c3nnc(C)s3)C2c2cccc(Oc3ccccc3)c2)cc1. The predicted molar refractivity (Wildman–Crippen MR) is 140 cm³/mol. The summed E-state index contributed by atoms with van der Waals surface area (Å²) in [5, 5.41) is 20.4. The lowest BCUT2D eigenvalue weighted by Crippen LogP contribution is -2.29. The Bertz CT molecular complexity index is 1480. The standard InChI is InChI=1S/C28H23N3O5S/c1-3-35-20-14-12-18(13-15-20)25(32)23-24(31(27(34)26(23)33)28-30-29-17(2)37-28)19-8-7-11-22(16-19)36-21-9-5-4-6-10-21/h4-16,24,32H,3H2,1-2H3. The van der Waals surface area contributed by atoms with Gasteiger partial charge in [0.25, 0.3) is 5.78 Å². The van der Waals surface area contributed by atoms with Gasteiger partial charge in [-0.1, -0.05) is 41.7 Å². The van der Waals surface area contributed by atoms with E-state index in [0.29, 0.717) is 40.0 Å². The number of ketones is 1. The number of benzene rings is 3. The fourth-order valence-electron chi connectivity index (χ4n) is 4.13. The summed E-state index contributed by atoms with van der Waals surface area (Å²) in [6, 6.07) is 22.1. The van der Waals surface area contributed by atoms with Gasteiger partial charge in [-0.2, -0.15) is 0 Å². The molecule has 1 aromatic heterocycles. The third-order valence-electron chi connectivity index (χ3n) is 5.76. The van der Waals surface area contributed by atoms with Gasteiger partial charge in [0.15, 0.2) is 0 Å². The zero-order valence-corrected chi connectivity index (χ0v) is 20.9. The van der Waals surface area contributed by atoms with E-state index < -0.39 is 17.7 Å². The fraction of sp³-hybridized carbons (Fsp3) is 0.143. The van der Waals surface area contributed by atoms with Gasteiger partial charge >= 0.3 is 5.91 Å². The van der Waals surface area contributed by atoms with Crippen LogP contribution in [0, 0.1) is 6.92 Å². The van der Waals surface area contributed by atoms with Gasteiger partial charge in [-0.05, 0) is 67.9 Å². The quantitative estimate of drug-likeness (QED) is 0.193. The maximum absolute atomic E-state index is 13.3. The van der Waals surface area contributed by atoms with Crippen LogP contribution in [0.25, 0.3) is 5.76 Å². The van der Waals surface area contributed by atoms with Crippen LogP contribution in [0.5, 0.6) is 17.2 Å². The van der Waals surface area contributed by atoms with Gasteiger partial charge in [-0.3, -0.25) is 14.5 Å². The minimum Gasteiger partial charge on any atom is -0.507 e. The lowest BCUT2D eigenvalue weighted by molar-refractivity contribution is -0.132. The molecule has 9 heteroatoms. The van der Waals surface area contributed by atoms with Crippen LogP contribution in [-0.4, -0.2) is 33.6 Å². The lowest BCUT2D eigenvalue weighted by Gasteiger charge is -2.23. The van der Waals surface area contributed by atoms with Crippen molar-refractivity contribution >= 4 is 33.9 Å². The van der Waals surface area contributed by atoms with Crippen molar-refractivity contribution in [2.24, 2.45) is 0 Å². The second-order valence-corrected chi connectivity index (χ2v) is 9.38. The normalized spacial score (nSPS) is 16.7. The highest BCUT2D eigenvalue weighted by molar-refractivity contribution is 7.15. The Labute approximate surface area is 217 Å². The molecule has 3 aromatic carbocycles. The predicted octanol–water partition coefficient (Wildman–Crippen LogP) is 5.66. The number of rotatable bonds is 7. The number of aryl methyl sites for hydroxylation is 1. The summed E-state index contributed by atoms with van der Waals surface area (Å²) in [4.78, 5) is 27.9. The Balaban J connectivity index is 1.62. The average molecular weight is 514 g/mol. The van der Waals surface area contributed by atoms with Crippen LogP contribution < -0.4 is 14.4 Å². The summed E-state index contributed by atoms with van der Waals surface area (Å²) in [6.45, 7) is 4.14. The molecule has 37 heavy (non-hydrogen) atoms. The number of hydrogen-bond donors (Lipinski definition) is 1. The number of nitrogens with zero attached hydrogens (tertiary/aromatic N) is 3. The minimum absolute atomic E-state index is 0.0427. The van der Waals surface area contributed by atoms with Gasteiger partial charge in [0.1, 0.15) is 28.0 Å². The number of hydrogen-bond acceptors (Lipinski definition) is 8. The zero-order chi connectivity index (χ0) is 25.9. The summed E-state index contributed by atoms with van der Waals surface area (Å²) in [5.41, 5.74) is 0.920. The highest BCUT2D eigenvalue weighted by Crippen LogP contribution is 2.43. The number of aliphatic hydroxyl groups is 1. The topological polar surface area (TPSA) is 102 Å². The number of carbonyl (C=O) groups is 2. The molecule has 1 N–H and O–H groups in total. The van der Waals surface area contributed by atoms with Crippen molar-refractivity contribution < 1.29 is 24.2 Å². The Kier molecular flexibility index (Phi) is 6.70. The van der Waals surface area contributed by atoms with E-state index in [1.54, 1.807) is 55.5 Å². The lowest BCUT2D eigenvalue weighted by atomic mass is 9.95. The molecule has 0 aliphatic carbocycles. The summed E-state index contributed by atoms with van der Waals surface area (Å²) in [6.07, 6.45) is 0. The summed E-state index contributed by atoms with van der Waals surface area (Å²) < 4.78 is 11.5. The molecular weight excluding hydrogens is 490 g/mol. The van der Waals surface area contributed by atoms with E-state index in [4.69, 9.17) is 9.47 Å². The first-order valence-corrected chi connectivity index (χ1v) is 12.4. The first-order chi connectivity index (χ1) is 18.0. The molecule has 1 saturated heterocycles. The van der Waals surface area contributed by atoms with Gasteiger partial charge < -0.3 is 14.6 Å². The highest BCUT2D eigenvalue weighted by atomic mass is 32.1. The second kappa shape index (κ2) is 10.2. The van der Waals surface area contributed by atoms with Crippen LogP contribution in [0.15, 0.2) is 84.4 Å². The van der Waals surface area contributed by atoms with Gasteiger partial charge in [-0.15, -0.1) is 10.2 Å². The molecule has 186 valence electrons. The van der Waals surface area contributed by atoms with Gasteiger partial charge in [0.05, 0.1) is 18.2 Å². The number of Topliss-reactive ketones (excluding diaryl/α,β-unsaturated/α-hetero) is 1. The molecule has 0 spiro atoms. The summed E-state index contributed by atoms with van der Waals surface area (Å²) in [5.74, 6) is -0.0936. The van der Waals surface area contributed by atoms with Gasteiger partial charge in [0, 0.05) is 5.56 Å². The molecule has 4 aromatic rings. The zero-order valence-electron chi connectivity index (χ0n) is 20.1. The van der Waals surface area contributed by atoms with Crippen LogP contribution in [0.1, 0.15) is 29.1 Å². The number of aromatic nitrogens is 2. The van der Waals surface area contributed by atoms with Gasteiger partial charge in [-0.25, -0.2) is 0 Å². The molecule has 1 unspecified atom stereocenters. The Morgan fingerprint density at radius 1 is 0.946 bits per heavy atom. The van der Waals surface area contributed by atoms with Crippen LogP contribution >= 0.6 is 11.3 Å². The maximum Gasteiger partial charge on any atom is 0.301 e. The number of ether oxygens (including phenoxy) is 2. The number of anilines is 1. The smallest absolute Gasteiger partial charge is 0.301 e. The van der Waals surface area contributed by atoms with E-state index in [0.717, 1.165) is 0 Å². The van der Waals surface area contributed by atoms with Crippen LogP contribution in [-0.2, 0) is 9.59 Å². The number of para-hydroxylation sites is 1.